The molecule has 5 N–H and O–H groups in total. The van der Waals surface area contributed by atoms with Gasteiger partial charge in [-0.25, -0.2) is 23.9 Å². The van der Waals surface area contributed by atoms with E-state index in [1.54, 1.807) is 3.97 Å². The zero-order valence-corrected chi connectivity index (χ0v) is 13.4. The molecule has 24 heavy (non-hydrogen) atoms. The van der Waals surface area contributed by atoms with Crippen molar-refractivity contribution in [2.75, 3.05) is 6.61 Å². The van der Waals surface area contributed by atoms with Crippen LogP contribution in [0, 0.1) is 0 Å². The van der Waals surface area contributed by atoms with Crippen molar-refractivity contribution in [1.82, 2.24) is 14.5 Å². The standard InChI is InChI=1S/C10H11N4O8PS/c15-5-3(1-21-23(18,19)20)22-9(6(5)16)13-2-11-4-7(17)12-10-14(24-10)8(4)13/h2-3,5-6,9,15-16H,1H2,(H2,18,19,20)/p+1/t3-,5-,6-,9-,14?/m1/s1. The number of rotatable bonds is 4. The largest absolute Gasteiger partial charge is 0.469 e. The van der Waals surface area contributed by atoms with Crippen LogP contribution in [0.25, 0.3) is 11.2 Å². The van der Waals surface area contributed by atoms with Crippen molar-refractivity contribution >= 4 is 30.9 Å². The van der Waals surface area contributed by atoms with E-state index in [-0.39, 0.29) is 5.52 Å². The van der Waals surface area contributed by atoms with Gasteiger partial charge < -0.3 is 24.7 Å². The lowest BCUT2D eigenvalue weighted by molar-refractivity contribution is -0.455. The summed E-state index contributed by atoms with van der Waals surface area (Å²) in [5, 5.41) is 20.8. The molecule has 0 aliphatic carbocycles. The van der Waals surface area contributed by atoms with Crippen molar-refractivity contribution in [3.63, 3.8) is 0 Å². The van der Waals surface area contributed by atoms with Crippen LogP contribution in [0.1, 0.15) is 6.23 Å². The molecule has 0 bridgehead atoms. The lowest BCUT2D eigenvalue weighted by Gasteiger charge is -2.14. The summed E-state index contributed by atoms with van der Waals surface area (Å²) in [6.45, 7) is -0.605. The van der Waals surface area contributed by atoms with E-state index in [2.05, 4.69) is 14.5 Å². The van der Waals surface area contributed by atoms with Gasteiger partial charge in [-0.2, -0.15) is 0 Å². The van der Waals surface area contributed by atoms with Crippen LogP contribution in [0.2, 0.25) is 0 Å². The van der Waals surface area contributed by atoms with E-state index in [1.807, 2.05) is 0 Å². The summed E-state index contributed by atoms with van der Waals surface area (Å²) in [6, 6.07) is 0. The molecule has 1 fully saturated rings. The number of nitrogens with zero attached hydrogens (tertiary/aromatic N) is 3. The van der Waals surface area contributed by atoms with E-state index in [4.69, 9.17) is 14.5 Å². The van der Waals surface area contributed by atoms with Gasteiger partial charge in [0.2, 0.25) is 11.7 Å². The minimum atomic E-state index is -4.73. The summed E-state index contributed by atoms with van der Waals surface area (Å²) in [4.78, 5) is 35.9. The Labute approximate surface area is 137 Å². The van der Waals surface area contributed by atoms with Crippen molar-refractivity contribution in [2.24, 2.45) is 0 Å². The second kappa shape index (κ2) is 5.34. The molecule has 0 spiro atoms. The number of phosphoric acid groups is 1. The highest BCUT2D eigenvalue weighted by atomic mass is 32.2. The molecule has 2 aliphatic heterocycles. The highest BCUT2D eigenvalue weighted by Crippen LogP contribution is 2.39. The predicted octanol–water partition coefficient (Wildman–Crippen LogP) is -2.39. The van der Waals surface area contributed by atoms with E-state index < -0.39 is 44.5 Å². The third-order valence-electron chi connectivity index (χ3n) is 3.74. The van der Waals surface area contributed by atoms with Gasteiger partial charge in [0, 0.05) is 0 Å². The third kappa shape index (κ3) is 2.59. The molecule has 130 valence electrons. The molecule has 12 nitrogen and oxygen atoms in total. The number of aliphatic hydroxyl groups is 2. The molecule has 2 aliphatic rings. The molecule has 0 saturated carbocycles. The Morgan fingerprint density at radius 1 is 1.46 bits per heavy atom. The molecule has 0 aromatic carbocycles. The van der Waals surface area contributed by atoms with Crippen molar-refractivity contribution in [2.45, 2.75) is 29.7 Å². The fourth-order valence-electron chi connectivity index (χ4n) is 2.60. The van der Waals surface area contributed by atoms with E-state index in [0.29, 0.717) is 10.8 Å². The minimum Gasteiger partial charge on any atom is -0.387 e. The Morgan fingerprint density at radius 2 is 2.21 bits per heavy atom. The molecule has 1 saturated heterocycles. The number of imidazole rings is 1. The normalized spacial score (nSPS) is 29.2. The second-order valence-corrected chi connectivity index (χ2v) is 7.48. The molecule has 4 atom stereocenters. The predicted molar refractivity (Wildman–Crippen MR) is 75.7 cm³/mol. The number of hydrogen-bond acceptors (Lipinski definition) is 8. The molecule has 2 aromatic heterocycles. The fourth-order valence-corrected chi connectivity index (χ4v) is 3.62. The van der Waals surface area contributed by atoms with Gasteiger partial charge in [-0.05, 0) is 0 Å². The van der Waals surface area contributed by atoms with Crippen molar-refractivity contribution in [1.29, 1.82) is 0 Å². The van der Waals surface area contributed by atoms with Crippen molar-refractivity contribution in [3.8, 4) is 0 Å². The molecule has 4 heterocycles. The summed E-state index contributed by atoms with van der Waals surface area (Å²) >= 11 is 1.27. The van der Waals surface area contributed by atoms with Gasteiger partial charge in [-0.15, -0.1) is 3.97 Å². The maximum Gasteiger partial charge on any atom is 0.469 e. The smallest absolute Gasteiger partial charge is 0.387 e. The van der Waals surface area contributed by atoms with Gasteiger partial charge in [0.1, 0.15) is 30.3 Å². The quantitative estimate of drug-likeness (QED) is 0.143. The number of fused-ring (bicyclic) bond motifs is 3. The Hall–Kier alpha value is -1.31. The number of aliphatic hydroxyl groups excluding tert-OH is 2. The summed E-state index contributed by atoms with van der Waals surface area (Å²) in [7, 11) is -4.73. The van der Waals surface area contributed by atoms with Gasteiger partial charge in [-0.3, -0.25) is 4.52 Å². The molecular formula is C10H12N4O8PS+. The fraction of sp³-hybridized carbons (Fsp3) is 0.500. The van der Waals surface area contributed by atoms with E-state index >= 15 is 0 Å². The minimum absolute atomic E-state index is 0.143. The molecule has 0 amide bonds. The number of ether oxygens (including phenoxy) is 1. The van der Waals surface area contributed by atoms with Crippen LogP contribution in [0.3, 0.4) is 0 Å². The van der Waals surface area contributed by atoms with Gasteiger partial charge in [-0.1, -0.05) is 0 Å². The number of hydrogen-bond donors (Lipinski definition) is 5. The van der Waals surface area contributed by atoms with Gasteiger partial charge in [0.25, 0.3) is 5.65 Å². The van der Waals surface area contributed by atoms with Gasteiger partial charge in [0.15, 0.2) is 6.33 Å². The topological polar surface area (TPSA) is 171 Å². The van der Waals surface area contributed by atoms with Crippen LogP contribution in [0.5, 0.6) is 0 Å². The van der Waals surface area contributed by atoms with Crippen LogP contribution < -0.4 is 9.53 Å². The average Bonchev–Trinajstić information content (AvgIpc) is 3.02. The Balaban J connectivity index is 1.65. The lowest BCUT2D eigenvalue weighted by atomic mass is 10.1. The number of aromatic nitrogens is 4. The maximum absolute atomic E-state index is 11.9. The first-order valence-electron chi connectivity index (χ1n) is 6.71. The first-order valence-corrected chi connectivity index (χ1v) is 9.01. The number of nitrogens with one attached hydrogen (secondary N) is 1. The molecule has 0 radical (unpaired) electrons. The summed E-state index contributed by atoms with van der Waals surface area (Å²) < 4.78 is 23.6. The maximum atomic E-state index is 11.9. The highest BCUT2D eigenvalue weighted by molar-refractivity contribution is 7.96. The Bertz CT molecular complexity index is 923. The zero-order valence-electron chi connectivity index (χ0n) is 11.7. The van der Waals surface area contributed by atoms with Gasteiger partial charge >= 0.3 is 18.5 Å². The Morgan fingerprint density at radius 3 is 2.92 bits per heavy atom. The monoisotopic (exact) mass is 379 g/mol. The number of aromatic amines is 1. The SMILES string of the molecule is O=c1[nH]c2[n+](c3c1ncn3[C@@H]1O[C@H](COP(=O)(O)O)[C@@H](O)[C@H]1O)S2. The van der Waals surface area contributed by atoms with Crippen LogP contribution in [-0.4, -0.2) is 59.5 Å². The first-order chi connectivity index (χ1) is 11.3. The van der Waals surface area contributed by atoms with Crippen molar-refractivity contribution in [3.05, 3.63) is 16.7 Å². The van der Waals surface area contributed by atoms with E-state index in [0.717, 1.165) is 0 Å². The summed E-state index contributed by atoms with van der Waals surface area (Å²) in [6.07, 6.45) is -3.78. The second-order valence-electron chi connectivity index (χ2n) is 5.30. The van der Waals surface area contributed by atoms with Crippen LogP contribution in [0.4, 0.5) is 0 Å². The van der Waals surface area contributed by atoms with Gasteiger partial charge in [0.05, 0.1) is 6.61 Å². The van der Waals surface area contributed by atoms with Crippen LogP contribution in [-0.2, 0) is 13.8 Å². The molecular weight excluding hydrogens is 367 g/mol. The van der Waals surface area contributed by atoms with Crippen LogP contribution in [0.15, 0.2) is 16.3 Å². The lowest BCUT2D eigenvalue weighted by Crippen LogP contribution is -2.34. The number of phosphoric ester groups is 1. The molecule has 4 rings (SSSR count). The third-order valence-corrected chi connectivity index (χ3v) is 5.05. The number of H-pyrrole nitrogens is 1. The van der Waals surface area contributed by atoms with Crippen LogP contribution >= 0.6 is 19.8 Å². The van der Waals surface area contributed by atoms with Crippen molar-refractivity contribution < 1.29 is 37.8 Å². The average molecular weight is 379 g/mol. The summed E-state index contributed by atoms with van der Waals surface area (Å²) in [5.74, 6) is 0. The van der Waals surface area contributed by atoms with E-state index in [1.165, 1.54) is 22.8 Å². The molecule has 2 aromatic rings. The van der Waals surface area contributed by atoms with E-state index in [9.17, 15) is 19.6 Å². The first kappa shape index (κ1) is 16.2. The summed E-state index contributed by atoms with van der Waals surface area (Å²) in [5.41, 5.74) is 0.143. The molecule has 14 heteroatoms. The highest BCUT2D eigenvalue weighted by Gasteiger charge is 2.48. The Kier molecular flexibility index (Phi) is 3.60. The zero-order chi connectivity index (χ0) is 17.2. The molecule has 0 unspecified atom stereocenters.